The lowest BCUT2D eigenvalue weighted by atomic mass is 9.88. The highest BCUT2D eigenvalue weighted by atomic mass is 79.9. The Bertz CT molecular complexity index is 699. The zero-order valence-electron chi connectivity index (χ0n) is 12.6. The quantitative estimate of drug-likeness (QED) is 0.688. The van der Waals surface area contributed by atoms with Gasteiger partial charge in [-0.15, -0.1) is 0 Å². The molecular weight excluding hydrogens is 375 g/mol. The normalized spacial score (nSPS) is 16.1. The first-order chi connectivity index (χ1) is 11.1. The van der Waals surface area contributed by atoms with Crippen LogP contribution in [-0.4, -0.2) is 5.11 Å². The van der Waals surface area contributed by atoms with Gasteiger partial charge in [-0.2, -0.15) is 0 Å². The van der Waals surface area contributed by atoms with Gasteiger partial charge in [0.25, 0.3) is 0 Å². The number of thiocarbonyl (C=S) groups is 1. The van der Waals surface area contributed by atoms with E-state index in [1.54, 1.807) is 12.1 Å². The van der Waals surface area contributed by atoms with Crippen molar-refractivity contribution in [2.75, 3.05) is 5.32 Å². The van der Waals surface area contributed by atoms with Crippen LogP contribution >= 0.6 is 28.1 Å². The van der Waals surface area contributed by atoms with Crippen LogP contribution in [0.3, 0.4) is 0 Å². The first kappa shape index (κ1) is 16.4. The van der Waals surface area contributed by atoms with Crippen molar-refractivity contribution >= 4 is 38.9 Å². The molecule has 0 aromatic heterocycles. The van der Waals surface area contributed by atoms with Crippen LogP contribution in [0.2, 0.25) is 0 Å². The van der Waals surface area contributed by atoms with Gasteiger partial charge in [-0.1, -0.05) is 59.1 Å². The Morgan fingerprint density at radius 2 is 1.78 bits per heavy atom. The third-order valence-corrected chi connectivity index (χ3v) is 5.01. The van der Waals surface area contributed by atoms with Crippen LogP contribution < -0.4 is 10.6 Å². The van der Waals surface area contributed by atoms with Crippen molar-refractivity contribution in [1.29, 1.82) is 0 Å². The zero-order valence-corrected chi connectivity index (χ0v) is 15.0. The molecule has 2 aromatic carbocycles. The predicted octanol–water partition coefficient (Wildman–Crippen LogP) is 5.34. The lowest BCUT2D eigenvalue weighted by Crippen LogP contribution is -2.45. The molecule has 1 aliphatic carbocycles. The van der Waals surface area contributed by atoms with Crippen molar-refractivity contribution in [3.63, 3.8) is 0 Å². The van der Waals surface area contributed by atoms with E-state index in [1.165, 1.54) is 11.6 Å². The molecule has 23 heavy (non-hydrogen) atoms. The van der Waals surface area contributed by atoms with E-state index in [2.05, 4.69) is 38.7 Å². The smallest absolute Gasteiger partial charge is 0.171 e. The fraction of sp³-hybridized carbons (Fsp3) is 0.278. The zero-order chi connectivity index (χ0) is 16.3. The minimum atomic E-state index is -0.330. The fourth-order valence-corrected chi connectivity index (χ4v) is 3.82. The van der Waals surface area contributed by atoms with Gasteiger partial charge in [0.15, 0.2) is 5.11 Å². The summed E-state index contributed by atoms with van der Waals surface area (Å²) in [4.78, 5) is 0. The van der Waals surface area contributed by atoms with Crippen LogP contribution in [0.15, 0.2) is 53.0 Å². The van der Waals surface area contributed by atoms with E-state index in [9.17, 15) is 4.39 Å². The summed E-state index contributed by atoms with van der Waals surface area (Å²) in [5, 5.41) is 6.88. The largest absolute Gasteiger partial charge is 0.353 e. The van der Waals surface area contributed by atoms with Crippen LogP contribution in [0.5, 0.6) is 0 Å². The molecule has 1 fully saturated rings. The Morgan fingerprint density at radius 3 is 2.43 bits per heavy atom. The number of nitrogens with one attached hydrogen (secondary N) is 2. The van der Waals surface area contributed by atoms with Crippen molar-refractivity contribution < 1.29 is 4.39 Å². The molecule has 2 aromatic rings. The lowest BCUT2D eigenvalue weighted by Gasteiger charge is -2.32. The second-order valence-electron chi connectivity index (χ2n) is 5.86. The van der Waals surface area contributed by atoms with Gasteiger partial charge in [0.1, 0.15) is 5.82 Å². The molecule has 3 rings (SSSR count). The molecule has 5 heteroatoms. The Hall–Kier alpha value is -1.46. The van der Waals surface area contributed by atoms with Gasteiger partial charge in [-0.25, -0.2) is 4.39 Å². The molecule has 2 N–H and O–H groups in total. The second-order valence-corrected chi connectivity index (χ2v) is 7.18. The summed E-state index contributed by atoms with van der Waals surface area (Å²) in [6, 6.07) is 15.2. The first-order valence-corrected chi connectivity index (χ1v) is 8.89. The van der Waals surface area contributed by atoms with Crippen LogP contribution in [-0.2, 0) is 5.54 Å². The third kappa shape index (κ3) is 3.72. The Balaban J connectivity index is 1.77. The van der Waals surface area contributed by atoms with Gasteiger partial charge in [-0.05, 0) is 48.8 Å². The number of benzene rings is 2. The van der Waals surface area contributed by atoms with E-state index in [4.69, 9.17) is 12.2 Å². The molecular formula is C18H18BrFN2S. The van der Waals surface area contributed by atoms with E-state index in [-0.39, 0.29) is 11.4 Å². The highest BCUT2D eigenvalue weighted by molar-refractivity contribution is 9.10. The molecule has 0 radical (unpaired) electrons. The topological polar surface area (TPSA) is 24.1 Å². The van der Waals surface area contributed by atoms with Crippen LogP contribution in [0, 0.1) is 5.82 Å². The van der Waals surface area contributed by atoms with Gasteiger partial charge >= 0.3 is 0 Å². The molecule has 0 spiro atoms. The molecule has 2 nitrogen and oxygen atoms in total. The van der Waals surface area contributed by atoms with Gasteiger partial charge < -0.3 is 10.6 Å². The van der Waals surface area contributed by atoms with Crippen LogP contribution in [0.4, 0.5) is 10.1 Å². The summed E-state index contributed by atoms with van der Waals surface area (Å²) in [5.41, 5.74) is 1.46. The van der Waals surface area contributed by atoms with E-state index < -0.39 is 0 Å². The molecule has 1 saturated carbocycles. The minimum absolute atomic E-state index is 0.156. The maximum absolute atomic E-state index is 14.0. The van der Waals surface area contributed by atoms with Crippen molar-refractivity contribution in [3.8, 4) is 0 Å². The molecule has 1 aliphatic rings. The highest BCUT2D eigenvalue weighted by Crippen LogP contribution is 2.38. The second kappa shape index (κ2) is 6.97. The Kier molecular flexibility index (Phi) is 4.97. The summed E-state index contributed by atoms with van der Waals surface area (Å²) in [6.45, 7) is 0. The number of rotatable bonds is 3. The molecule has 120 valence electrons. The van der Waals surface area contributed by atoms with Crippen molar-refractivity contribution in [1.82, 2.24) is 5.32 Å². The predicted molar refractivity (Wildman–Crippen MR) is 100 cm³/mol. The summed E-state index contributed by atoms with van der Waals surface area (Å²) in [7, 11) is 0. The van der Waals surface area contributed by atoms with Gasteiger partial charge in [-0.3, -0.25) is 0 Å². The molecule has 0 saturated heterocycles. The molecule has 0 bridgehead atoms. The SMILES string of the molecule is Fc1cc(Br)ccc1NC(=S)NC1(c2ccccc2)CCCC1. The Labute approximate surface area is 149 Å². The minimum Gasteiger partial charge on any atom is -0.353 e. The van der Waals surface area contributed by atoms with Crippen molar-refractivity contribution in [2.45, 2.75) is 31.2 Å². The molecule has 0 unspecified atom stereocenters. The number of hydrogen-bond acceptors (Lipinski definition) is 1. The average molecular weight is 393 g/mol. The Morgan fingerprint density at radius 1 is 1.09 bits per heavy atom. The molecule has 0 atom stereocenters. The summed E-state index contributed by atoms with van der Waals surface area (Å²) in [5.74, 6) is -0.330. The molecule has 0 amide bonds. The number of anilines is 1. The van der Waals surface area contributed by atoms with Crippen LogP contribution in [0.25, 0.3) is 0 Å². The van der Waals surface area contributed by atoms with E-state index >= 15 is 0 Å². The van der Waals surface area contributed by atoms with E-state index in [0.29, 0.717) is 15.3 Å². The highest BCUT2D eigenvalue weighted by Gasteiger charge is 2.36. The van der Waals surface area contributed by atoms with Crippen molar-refractivity contribution in [3.05, 3.63) is 64.4 Å². The van der Waals surface area contributed by atoms with Gasteiger partial charge in [0, 0.05) is 4.47 Å². The first-order valence-electron chi connectivity index (χ1n) is 7.69. The van der Waals surface area contributed by atoms with Gasteiger partial charge in [0.05, 0.1) is 11.2 Å². The van der Waals surface area contributed by atoms with Crippen molar-refractivity contribution in [2.24, 2.45) is 0 Å². The molecule has 0 heterocycles. The number of hydrogen-bond donors (Lipinski definition) is 2. The average Bonchev–Trinajstić information content (AvgIpc) is 3.01. The summed E-state index contributed by atoms with van der Waals surface area (Å²) >= 11 is 8.69. The summed E-state index contributed by atoms with van der Waals surface area (Å²) < 4.78 is 14.7. The van der Waals surface area contributed by atoms with Crippen LogP contribution in [0.1, 0.15) is 31.2 Å². The molecule has 0 aliphatic heterocycles. The van der Waals surface area contributed by atoms with E-state index in [1.807, 2.05) is 18.2 Å². The fourth-order valence-electron chi connectivity index (χ4n) is 3.18. The standard InChI is InChI=1S/C18H18BrFN2S/c19-14-8-9-16(15(20)12-14)21-17(23)22-18(10-4-5-11-18)13-6-2-1-3-7-13/h1-3,6-9,12H,4-5,10-11H2,(H2,21,22,23). The number of halogens is 2. The van der Waals surface area contributed by atoms with E-state index in [0.717, 1.165) is 25.7 Å². The van der Waals surface area contributed by atoms with Gasteiger partial charge in [0.2, 0.25) is 0 Å². The maximum atomic E-state index is 14.0. The third-order valence-electron chi connectivity index (χ3n) is 4.32. The maximum Gasteiger partial charge on any atom is 0.171 e. The lowest BCUT2D eigenvalue weighted by molar-refractivity contribution is 0.408. The summed E-state index contributed by atoms with van der Waals surface area (Å²) in [6.07, 6.45) is 4.39. The monoisotopic (exact) mass is 392 g/mol.